The summed E-state index contributed by atoms with van der Waals surface area (Å²) < 4.78 is 17.8. The molecule has 0 aliphatic carbocycles. The van der Waals surface area contributed by atoms with Gasteiger partial charge in [-0.2, -0.15) is 0 Å². The summed E-state index contributed by atoms with van der Waals surface area (Å²) in [5.41, 5.74) is 0. The zero-order valence-corrected chi connectivity index (χ0v) is 11.2. The van der Waals surface area contributed by atoms with Crippen molar-refractivity contribution in [1.82, 2.24) is 0 Å². The second-order valence-electron chi connectivity index (χ2n) is 3.89. The minimum Gasteiger partial charge on any atom is -0.368 e. The summed E-state index contributed by atoms with van der Waals surface area (Å²) in [5, 5.41) is 0. The quantitative estimate of drug-likeness (QED) is 0.740. The highest BCUT2D eigenvalue weighted by Crippen LogP contribution is 2.36. The van der Waals surface area contributed by atoms with Crippen LogP contribution in [-0.2, 0) is 14.2 Å². The van der Waals surface area contributed by atoms with Crippen molar-refractivity contribution in [3.63, 3.8) is 0 Å². The molecule has 2 rings (SSSR count). The molecule has 80 valence electrons. The first-order chi connectivity index (χ1) is 6.48. The van der Waals surface area contributed by atoms with Gasteiger partial charge in [-0.05, 0) is 51.8 Å². The van der Waals surface area contributed by atoms with Gasteiger partial charge in [0.05, 0.1) is 10.00 Å². The fourth-order valence-electron chi connectivity index (χ4n) is 1.84. The van der Waals surface area contributed by atoms with Gasteiger partial charge in [-0.25, -0.2) is 0 Å². The van der Waals surface area contributed by atoms with Crippen LogP contribution in [0.5, 0.6) is 0 Å². The van der Waals surface area contributed by atoms with E-state index in [4.69, 9.17) is 14.2 Å². The average Bonchev–Trinajstić information content (AvgIpc) is 2.47. The molecule has 0 spiro atoms. The van der Waals surface area contributed by atoms with Crippen molar-refractivity contribution in [2.45, 2.75) is 37.9 Å². The Hall–Kier alpha value is 0.580. The molecule has 14 heavy (non-hydrogen) atoms. The molecule has 0 saturated carbocycles. The summed E-state index contributed by atoms with van der Waals surface area (Å²) in [6.45, 7) is 4.45. The second kappa shape index (κ2) is 3.87. The molecule has 2 fully saturated rings. The smallest absolute Gasteiger partial charge is 0.164 e. The molecule has 5 heteroatoms. The maximum absolute atomic E-state index is 5.75. The number of hydrogen-bond acceptors (Lipinski definition) is 3. The first kappa shape index (κ1) is 11.1. The molecule has 0 N–H and O–H groups in total. The molecule has 0 aromatic rings. The first-order valence-electron chi connectivity index (χ1n) is 4.48. The van der Waals surface area contributed by atoms with Crippen LogP contribution in [0.4, 0.5) is 0 Å². The van der Waals surface area contributed by atoms with Crippen LogP contribution in [0.1, 0.15) is 13.8 Å². The van der Waals surface area contributed by atoms with Gasteiger partial charge < -0.3 is 14.2 Å². The third kappa shape index (κ3) is 2.22. The summed E-state index contributed by atoms with van der Waals surface area (Å²) in [6.07, 6.45) is 1.98. The lowest BCUT2D eigenvalue weighted by Crippen LogP contribution is -2.28. The highest BCUT2D eigenvalue weighted by Gasteiger charge is 2.49. The Morgan fingerprint density at radius 1 is 1.36 bits per heavy atom. The van der Waals surface area contributed by atoms with Crippen molar-refractivity contribution < 1.29 is 14.2 Å². The van der Waals surface area contributed by atoms with E-state index < -0.39 is 5.79 Å². The number of hydrogen-bond donors (Lipinski definition) is 0. The highest BCUT2D eigenvalue weighted by molar-refractivity contribution is 9.28. The van der Waals surface area contributed by atoms with Gasteiger partial charge in [0.15, 0.2) is 5.79 Å². The summed E-state index contributed by atoms with van der Waals surface area (Å²) in [6, 6.07) is 0. The Morgan fingerprint density at radius 3 is 2.71 bits per heavy atom. The highest BCUT2D eigenvalue weighted by atomic mass is 79.9. The number of halogens is 2. The van der Waals surface area contributed by atoms with Gasteiger partial charge in [0, 0.05) is 0 Å². The summed E-state index contributed by atoms with van der Waals surface area (Å²) in [7, 11) is 0. The summed E-state index contributed by atoms with van der Waals surface area (Å²) in [5.74, 6) is -0.482. The van der Waals surface area contributed by atoms with Crippen molar-refractivity contribution in [3.8, 4) is 0 Å². The van der Waals surface area contributed by atoms with E-state index in [0.29, 0.717) is 6.61 Å². The normalized spacial score (nSPS) is 39.6. The monoisotopic (exact) mass is 326 g/mol. The number of rotatable bonds is 1. The van der Waals surface area contributed by atoms with Gasteiger partial charge in [0.2, 0.25) is 0 Å². The lowest BCUT2D eigenvalue weighted by Gasteiger charge is -2.20. The topological polar surface area (TPSA) is 27.7 Å². The van der Waals surface area contributed by atoms with Gasteiger partial charge in [-0.1, -0.05) is 0 Å². The van der Waals surface area contributed by atoms with Crippen LogP contribution >= 0.6 is 31.9 Å². The Kier molecular flexibility index (Phi) is 3.06. The Balaban J connectivity index is 2.08. The second-order valence-corrected chi connectivity index (χ2v) is 6.67. The van der Waals surface area contributed by atoms with Crippen molar-refractivity contribution >= 4 is 31.9 Å². The van der Waals surface area contributed by atoms with Gasteiger partial charge >= 0.3 is 0 Å². The third-order valence-corrected chi connectivity index (χ3v) is 2.82. The molecule has 0 aromatic carbocycles. The van der Waals surface area contributed by atoms with Crippen LogP contribution in [0.15, 0.2) is 9.47 Å². The molecular formula is C9H12Br2O3. The minimum atomic E-state index is -0.482. The molecule has 0 aromatic heterocycles. The summed E-state index contributed by atoms with van der Waals surface area (Å²) in [4.78, 5) is 0. The maximum atomic E-state index is 5.75. The van der Waals surface area contributed by atoms with Crippen LogP contribution < -0.4 is 0 Å². The lowest BCUT2D eigenvalue weighted by molar-refractivity contribution is -0.170. The van der Waals surface area contributed by atoms with Crippen molar-refractivity contribution in [1.29, 1.82) is 0 Å². The van der Waals surface area contributed by atoms with Crippen molar-refractivity contribution in [2.24, 2.45) is 0 Å². The number of ether oxygens (including phenoxy) is 3. The van der Waals surface area contributed by atoms with E-state index in [1.54, 1.807) is 0 Å². The summed E-state index contributed by atoms with van der Waals surface area (Å²) >= 11 is 6.62. The fraction of sp³-hybridized carbons (Fsp3) is 0.778. The fourth-order valence-corrected chi connectivity index (χ4v) is 2.36. The van der Waals surface area contributed by atoms with E-state index >= 15 is 0 Å². The predicted octanol–water partition coefficient (Wildman–Crippen LogP) is 2.54. The Labute approximate surface area is 100 Å². The van der Waals surface area contributed by atoms with Gasteiger partial charge in [0.1, 0.15) is 18.3 Å². The average molecular weight is 328 g/mol. The van der Waals surface area contributed by atoms with Gasteiger partial charge in [-0.3, -0.25) is 0 Å². The molecule has 0 unspecified atom stereocenters. The third-order valence-electron chi connectivity index (χ3n) is 2.29. The molecule has 0 bridgehead atoms. The van der Waals surface area contributed by atoms with Gasteiger partial charge in [-0.15, -0.1) is 0 Å². The molecule has 2 heterocycles. The van der Waals surface area contributed by atoms with Gasteiger partial charge in [0.25, 0.3) is 0 Å². The molecular weight excluding hydrogens is 316 g/mol. The lowest BCUT2D eigenvalue weighted by atomic mass is 10.1. The Morgan fingerprint density at radius 2 is 2.07 bits per heavy atom. The van der Waals surface area contributed by atoms with Crippen LogP contribution in [0.3, 0.4) is 0 Å². The minimum absolute atomic E-state index is 0.00935. The van der Waals surface area contributed by atoms with E-state index in [1.807, 2.05) is 19.9 Å². The molecule has 3 atom stereocenters. The predicted molar refractivity (Wildman–Crippen MR) is 59.5 cm³/mol. The zero-order valence-electron chi connectivity index (χ0n) is 8.00. The SMILES string of the molecule is CC1(C)O[C@H]2[C@H](C=C(Br)Br)OC[C@H]2O1. The number of fused-ring (bicyclic) bond motifs is 1. The van der Waals surface area contributed by atoms with E-state index in [2.05, 4.69) is 31.9 Å². The van der Waals surface area contributed by atoms with Crippen molar-refractivity contribution in [2.75, 3.05) is 6.61 Å². The largest absolute Gasteiger partial charge is 0.368 e. The van der Waals surface area contributed by atoms with Crippen LogP contribution in [0.25, 0.3) is 0 Å². The molecule has 3 nitrogen and oxygen atoms in total. The molecule has 2 saturated heterocycles. The van der Waals surface area contributed by atoms with E-state index in [1.165, 1.54) is 0 Å². The van der Waals surface area contributed by atoms with Crippen LogP contribution in [-0.4, -0.2) is 30.7 Å². The van der Waals surface area contributed by atoms with Crippen LogP contribution in [0.2, 0.25) is 0 Å². The molecule has 2 aliphatic heterocycles. The zero-order chi connectivity index (χ0) is 10.3. The van der Waals surface area contributed by atoms with E-state index in [9.17, 15) is 0 Å². The molecule has 2 aliphatic rings. The Bertz CT molecular complexity index is 261. The first-order valence-corrected chi connectivity index (χ1v) is 6.06. The van der Waals surface area contributed by atoms with Crippen LogP contribution in [0, 0.1) is 0 Å². The van der Waals surface area contributed by atoms with Crippen molar-refractivity contribution in [3.05, 3.63) is 9.47 Å². The maximum Gasteiger partial charge on any atom is 0.164 e. The molecule has 0 radical (unpaired) electrons. The standard InChI is InChI=1S/C9H12Br2O3/c1-9(2)13-6-4-12-5(3-7(10)11)8(6)14-9/h3,5-6,8H,4H2,1-2H3/t5-,6+,8-/m0/s1. The van der Waals surface area contributed by atoms with E-state index in [-0.39, 0.29) is 18.3 Å². The van der Waals surface area contributed by atoms with E-state index in [0.717, 1.165) is 3.39 Å². The molecule has 0 amide bonds.